The summed E-state index contributed by atoms with van der Waals surface area (Å²) in [4.78, 5) is 20.0. The zero-order valence-electron chi connectivity index (χ0n) is 25.6. The second kappa shape index (κ2) is 10.8. The first-order valence-corrected chi connectivity index (χ1v) is 16.1. The van der Waals surface area contributed by atoms with Crippen molar-refractivity contribution in [3.05, 3.63) is 47.8 Å². The van der Waals surface area contributed by atoms with Gasteiger partial charge in [0, 0.05) is 48.0 Å². The number of hydrogen-bond donors (Lipinski definition) is 1. The van der Waals surface area contributed by atoms with Gasteiger partial charge in [0.05, 0.1) is 0 Å². The molecule has 8 rings (SSSR count). The van der Waals surface area contributed by atoms with Crippen molar-refractivity contribution in [1.82, 2.24) is 15.3 Å². The lowest BCUT2D eigenvalue weighted by Gasteiger charge is -2.53. The van der Waals surface area contributed by atoms with Crippen LogP contribution in [0.5, 0.6) is 0 Å². The number of alkyl halides is 5. The molecular formula is C33H37F5N4O4. The van der Waals surface area contributed by atoms with E-state index in [2.05, 4.69) is 15.3 Å². The minimum atomic E-state index is -4.76. The van der Waals surface area contributed by atoms with Crippen molar-refractivity contribution >= 4 is 11.6 Å². The first-order chi connectivity index (χ1) is 21.7. The summed E-state index contributed by atoms with van der Waals surface area (Å²) >= 11 is 0. The molecule has 1 amide bonds. The van der Waals surface area contributed by atoms with Crippen molar-refractivity contribution in [1.29, 1.82) is 0 Å². The third-order valence-corrected chi connectivity index (χ3v) is 11.1. The minimum Gasteiger partial charge on any atom is -0.380 e. The van der Waals surface area contributed by atoms with Crippen LogP contribution < -0.4 is 4.90 Å². The number of nitrogens with zero attached hydrogens (tertiary/aromatic N) is 4. The van der Waals surface area contributed by atoms with Gasteiger partial charge in [-0.15, -0.1) is 0 Å². The second-order valence-corrected chi connectivity index (χ2v) is 14.3. The summed E-state index contributed by atoms with van der Waals surface area (Å²) in [7, 11) is 0. The first kappa shape index (κ1) is 31.3. The van der Waals surface area contributed by atoms with Gasteiger partial charge >= 0.3 is 12.1 Å². The average Bonchev–Trinajstić information content (AvgIpc) is 3.52. The van der Waals surface area contributed by atoms with E-state index in [0.29, 0.717) is 68.2 Å². The molecule has 8 nitrogen and oxygen atoms in total. The normalized spacial score (nSPS) is 30.0. The molecule has 3 aromatic rings. The maximum Gasteiger partial charge on any atom is 0.417 e. The molecule has 2 bridgehead atoms. The van der Waals surface area contributed by atoms with Gasteiger partial charge in [0.25, 0.3) is 5.89 Å². The molecule has 5 fully saturated rings. The molecular weight excluding hydrogens is 611 g/mol. The second-order valence-electron chi connectivity index (χ2n) is 14.3. The number of rotatable bonds is 8. The summed E-state index contributed by atoms with van der Waals surface area (Å²) in [5.74, 6) is -3.35. The molecule has 13 heteroatoms. The molecule has 0 radical (unpaired) electrons. The van der Waals surface area contributed by atoms with Gasteiger partial charge in [-0.05, 0) is 94.6 Å². The van der Waals surface area contributed by atoms with Gasteiger partial charge in [-0.1, -0.05) is 22.4 Å². The Balaban J connectivity index is 1.14. The molecule has 0 spiro atoms. The van der Waals surface area contributed by atoms with Crippen molar-refractivity contribution in [2.24, 2.45) is 11.3 Å². The number of amides is 1. The van der Waals surface area contributed by atoms with Gasteiger partial charge < -0.3 is 19.1 Å². The van der Waals surface area contributed by atoms with Crippen LogP contribution in [-0.4, -0.2) is 44.6 Å². The zero-order chi connectivity index (χ0) is 32.5. The number of hydrogen-bond acceptors (Lipinski definition) is 7. The molecule has 0 aliphatic heterocycles. The summed E-state index contributed by atoms with van der Waals surface area (Å²) in [6, 6.07) is 9.34. The van der Waals surface area contributed by atoms with Crippen molar-refractivity contribution in [2.45, 2.75) is 113 Å². The molecule has 5 aliphatic carbocycles. The van der Waals surface area contributed by atoms with Gasteiger partial charge in [-0.2, -0.15) is 26.9 Å². The lowest BCUT2D eigenvalue weighted by Crippen LogP contribution is -2.53. The Bertz CT molecular complexity index is 1570. The van der Waals surface area contributed by atoms with E-state index in [1.807, 2.05) is 30.3 Å². The highest BCUT2D eigenvalue weighted by molar-refractivity contribution is 5.96. The Morgan fingerprint density at radius 1 is 0.935 bits per heavy atom. The standard InChI is InChI=1S/C33H37F5N4O4/c1-29(34,35)28-39-27(41-46-28)31-14-11-30(12-15-31,13-16-31)19-42(26(43)21-7-9-32(44,10-8-21)33(36,37)38)23-4-2-3-22(17-23)24-18-25(45-40-24)20-5-6-20/h2-4,17-18,20-21,44H,5-16,19H2,1H3. The van der Waals surface area contributed by atoms with Crippen LogP contribution in [0.1, 0.15) is 107 Å². The third kappa shape index (κ3) is 5.62. The average molecular weight is 649 g/mol. The maximum absolute atomic E-state index is 14.3. The Morgan fingerprint density at radius 2 is 1.61 bits per heavy atom. The molecule has 5 saturated carbocycles. The SMILES string of the molecule is CC(F)(F)c1nc(C23CCC(CN(C(=O)C4CCC(O)(C(F)(F)F)CC4)c4cccc(-c5cc(C6CC6)on5)c4)(CC2)CC3)no1. The van der Waals surface area contributed by atoms with E-state index in [0.717, 1.165) is 31.1 Å². The fourth-order valence-electron chi connectivity index (χ4n) is 7.75. The molecule has 5 aliphatic rings. The Hall–Kier alpha value is -3.35. The molecule has 0 saturated heterocycles. The van der Waals surface area contributed by atoms with E-state index in [9.17, 15) is 31.9 Å². The number of aliphatic hydroxyl groups is 1. The highest BCUT2D eigenvalue weighted by atomic mass is 19.4. The van der Waals surface area contributed by atoms with Gasteiger partial charge in [0.15, 0.2) is 11.4 Å². The number of benzene rings is 1. The molecule has 2 heterocycles. The molecule has 0 unspecified atom stereocenters. The van der Waals surface area contributed by atoms with E-state index in [4.69, 9.17) is 9.05 Å². The highest BCUT2D eigenvalue weighted by Crippen LogP contribution is 2.58. The van der Waals surface area contributed by atoms with E-state index in [-0.39, 0.29) is 24.2 Å². The lowest BCUT2D eigenvalue weighted by molar-refractivity contribution is -0.271. The predicted octanol–water partition coefficient (Wildman–Crippen LogP) is 7.82. The Labute approximate surface area is 262 Å². The van der Waals surface area contributed by atoms with E-state index >= 15 is 0 Å². The van der Waals surface area contributed by atoms with E-state index < -0.39 is 47.8 Å². The van der Waals surface area contributed by atoms with Crippen LogP contribution in [0.3, 0.4) is 0 Å². The minimum absolute atomic E-state index is 0.0720. The van der Waals surface area contributed by atoms with Gasteiger partial charge in [-0.25, -0.2) is 0 Å². The zero-order valence-corrected chi connectivity index (χ0v) is 25.6. The van der Waals surface area contributed by atoms with Crippen LogP contribution in [0.2, 0.25) is 0 Å². The van der Waals surface area contributed by atoms with Crippen LogP contribution in [-0.2, 0) is 16.1 Å². The fraction of sp³-hybridized carbons (Fsp3) is 0.636. The summed E-state index contributed by atoms with van der Waals surface area (Å²) < 4.78 is 78.8. The van der Waals surface area contributed by atoms with Crippen LogP contribution in [0, 0.1) is 11.3 Å². The molecule has 2 aromatic heterocycles. The summed E-state index contributed by atoms with van der Waals surface area (Å²) in [6.07, 6.45) is 0.218. The lowest BCUT2D eigenvalue weighted by atomic mass is 9.53. The highest BCUT2D eigenvalue weighted by Gasteiger charge is 2.56. The Kier molecular flexibility index (Phi) is 7.37. The largest absolute Gasteiger partial charge is 0.417 e. The van der Waals surface area contributed by atoms with Crippen molar-refractivity contribution in [3.63, 3.8) is 0 Å². The molecule has 1 N–H and O–H groups in total. The summed E-state index contributed by atoms with van der Waals surface area (Å²) in [6.45, 7) is 1.09. The molecule has 0 atom stereocenters. The van der Waals surface area contributed by atoms with Crippen LogP contribution in [0.15, 0.2) is 39.4 Å². The predicted molar refractivity (Wildman–Crippen MR) is 155 cm³/mol. The number of anilines is 1. The van der Waals surface area contributed by atoms with Crippen LogP contribution >= 0.6 is 0 Å². The van der Waals surface area contributed by atoms with Crippen molar-refractivity contribution in [2.75, 3.05) is 11.4 Å². The van der Waals surface area contributed by atoms with Gasteiger partial charge in [0.2, 0.25) is 5.91 Å². The topological polar surface area (TPSA) is 105 Å². The Morgan fingerprint density at radius 3 is 2.20 bits per heavy atom. The fourth-order valence-corrected chi connectivity index (χ4v) is 7.75. The number of aromatic nitrogens is 3. The smallest absolute Gasteiger partial charge is 0.380 e. The quantitative estimate of drug-likeness (QED) is 0.248. The number of halogens is 5. The first-order valence-electron chi connectivity index (χ1n) is 16.1. The van der Waals surface area contributed by atoms with Crippen LogP contribution in [0.4, 0.5) is 27.6 Å². The maximum atomic E-state index is 14.3. The van der Waals surface area contributed by atoms with Gasteiger partial charge in [-0.3, -0.25) is 4.79 Å². The summed E-state index contributed by atoms with van der Waals surface area (Å²) in [5.41, 5.74) is -1.49. The number of carbonyl (C=O) groups is 1. The number of carbonyl (C=O) groups excluding carboxylic acids is 1. The van der Waals surface area contributed by atoms with Crippen molar-refractivity contribution in [3.8, 4) is 11.3 Å². The number of fused-ring (bicyclic) bond motifs is 3. The van der Waals surface area contributed by atoms with E-state index in [1.54, 1.807) is 4.90 Å². The van der Waals surface area contributed by atoms with Gasteiger partial charge in [0.1, 0.15) is 11.5 Å². The van der Waals surface area contributed by atoms with Crippen molar-refractivity contribution < 1.29 is 40.9 Å². The third-order valence-electron chi connectivity index (χ3n) is 11.1. The van der Waals surface area contributed by atoms with E-state index in [1.165, 1.54) is 0 Å². The molecule has 1 aromatic carbocycles. The molecule has 46 heavy (non-hydrogen) atoms. The monoisotopic (exact) mass is 648 g/mol. The molecule has 248 valence electrons. The van der Waals surface area contributed by atoms with Crippen LogP contribution in [0.25, 0.3) is 11.3 Å². The summed E-state index contributed by atoms with van der Waals surface area (Å²) in [5, 5.41) is 18.4.